The maximum Gasteiger partial charge on any atom is 0.269 e. The number of hydrogen-bond donors (Lipinski definition) is 1. The molecule has 2 amide bonds. The van der Waals surface area contributed by atoms with Crippen LogP contribution >= 0.6 is 0 Å². The minimum atomic E-state index is -1.16. The van der Waals surface area contributed by atoms with Gasteiger partial charge in [0.05, 0.1) is 11.6 Å². The molecule has 2 atom stereocenters. The predicted octanol–water partition coefficient (Wildman–Crippen LogP) is 2.23. The molecule has 2 fully saturated rings. The van der Waals surface area contributed by atoms with Crippen LogP contribution in [0.4, 0.5) is 4.39 Å². The van der Waals surface area contributed by atoms with Crippen molar-refractivity contribution < 1.29 is 18.8 Å². The molecule has 7 heteroatoms. The van der Waals surface area contributed by atoms with Gasteiger partial charge in [-0.15, -0.1) is 0 Å². The van der Waals surface area contributed by atoms with Gasteiger partial charge in [-0.25, -0.2) is 4.39 Å². The Morgan fingerprint density at radius 2 is 2.07 bits per heavy atom. The summed E-state index contributed by atoms with van der Waals surface area (Å²) >= 11 is 0. The molecule has 0 spiro atoms. The van der Waals surface area contributed by atoms with Crippen molar-refractivity contribution in [2.24, 2.45) is 11.1 Å². The molecule has 1 aromatic carbocycles. The second-order valence-corrected chi connectivity index (χ2v) is 7.89. The zero-order valence-corrected chi connectivity index (χ0v) is 15.4. The molecule has 1 aliphatic carbocycles. The number of likely N-dealkylation sites (tertiary alicyclic amines) is 1. The van der Waals surface area contributed by atoms with Gasteiger partial charge in [0.15, 0.2) is 0 Å². The second-order valence-electron chi connectivity index (χ2n) is 7.89. The number of hydrogen-bond acceptors (Lipinski definition) is 4. The van der Waals surface area contributed by atoms with Crippen molar-refractivity contribution in [3.05, 3.63) is 35.6 Å². The van der Waals surface area contributed by atoms with Gasteiger partial charge in [0.2, 0.25) is 11.5 Å². The molecule has 2 aliphatic heterocycles. The lowest BCUT2D eigenvalue weighted by Crippen LogP contribution is -2.53. The smallest absolute Gasteiger partial charge is 0.269 e. The Kier molecular flexibility index (Phi) is 4.61. The van der Waals surface area contributed by atoms with Crippen LogP contribution < -0.4 is 5.32 Å². The number of carbonyl (C=O) groups excluding carboxylic acids is 2. The lowest BCUT2D eigenvalue weighted by atomic mass is 9.91. The van der Waals surface area contributed by atoms with Crippen molar-refractivity contribution in [1.82, 2.24) is 10.2 Å². The van der Waals surface area contributed by atoms with Crippen LogP contribution in [0.5, 0.6) is 0 Å². The Bertz CT molecular complexity index is 792. The molecule has 4 rings (SSSR count). The van der Waals surface area contributed by atoms with Crippen molar-refractivity contribution in [1.29, 1.82) is 0 Å². The predicted molar refractivity (Wildman–Crippen MR) is 97.5 cm³/mol. The average molecular weight is 373 g/mol. The van der Waals surface area contributed by atoms with Gasteiger partial charge in [0.25, 0.3) is 5.91 Å². The largest absolute Gasteiger partial charge is 0.379 e. The fourth-order valence-electron chi connectivity index (χ4n) is 3.75. The first-order chi connectivity index (χ1) is 13.0. The highest BCUT2D eigenvalue weighted by Gasteiger charge is 2.46. The molecule has 144 valence electrons. The fourth-order valence-corrected chi connectivity index (χ4v) is 3.75. The molecule has 6 nitrogen and oxygen atoms in total. The summed E-state index contributed by atoms with van der Waals surface area (Å²) in [6.45, 7) is 2.67. The van der Waals surface area contributed by atoms with Gasteiger partial charge in [-0.3, -0.25) is 9.59 Å². The molecule has 1 saturated heterocycles. The Hall–Kier alpha value is -2.44. The Balaban J connectivity index is 1.41. The van der Waals surface area contributed by atoms with Crippen LogP contribution in [0.2, 0.25) is 0 Å². The van der Waals surface area contributed by atoms with Crippen LogP contribution in [0.25, 0.3) is 0 Å². The summed E-state index contributed by atoms with van der Waals surface area (Å²) in [4.78, 5) is 32.6. The van der Waals surface area contributed by atoms with Crippen molar-refractivity contribution in [3.8, 4) is 0 Å². The third-order valence-corrected chi connectivity index (χ3v) is 5.50. The number of nitrogens with one attached hydrogen (secondary N) is 1. The van der Waals surface area contributed by atoms with Gasteiger partial charge in [0, 0.05) is 31.1 Å². The lowest BCUT2D eigenvalue weighted by molar-refractivity contribution is -0.155. The third-order valence-electron chi connectivity index (χ3n) is 5.50. The topological polar surface area (TPSA) is 71.0 Å². The fraction of sp³-hybridized carbons (Fsp3) is 0.550. The highest BCUT2D eigenvalue weighted by Crippen LogP contribution is 2.31. The van der Waals surface area contributed by atoms with Crippen LogP contribution in [0.1, 0.15) is 44.6 Å². The quantitative estimate of drug-likeness (QED) is 0.880. The Morgan fingerprint density at radius 3 is 2.81 bits per heavy atom. The first-order valence-electron chi connectivity index (χ1n) is 9.56. The van der Waals surface area contributed by atoms with Crippen LogP contribution in [0.3, 0.4) is 0 Å². The molecule has 3 aliphatic rings. The van der Waals surface area contributed by atoms with Crippen LogP contribution in [0, 0.1) is 11.7 Å². The van der Waals surface area contributed by atoms with Crippen molar-refractivity contribution in [3.63, 3.8) is 0 Å². The Morgan fingerprint density at radius 1 is 1.30 bits per heavy atom. The van der Waals surface area contributed by atoms with E-state index in [0.29, 0.717) is 30.4 Å². The minimum Gasteiger partial charge on any atom is -0.379 e. The number of oxime groups is 1. The van der Waals surface area contributed by atoms with Crippen LogP contribution in [-0.4, -0.2) is 47.2 Å². The van der Waals surface area contributed by atoms with Crippen LogP contribution in [-0.2, 0) is 14.4 Å². The number of amides is 2. The molecule has 0 aromatic heterocycles. The number of halogens is 1. The molecule has 0 radical (unpaired) electrons. The number of benzene rings is 1. The summed E-state index contributed by atoms with van der Waals surface area (Å²) in [7, 11) is 0. The maximum atomic E-state index is 14.0. The van der Waals surface area contributed by atoms with Gasteiger partial charge in [-0.2, -0.15) is 0 Å². The van der Waals surface area contributed by atoms with Gasteiger partial charge in [0.1, 0.15) is 5.82 Å². The third kappa shape index (κ3) is 3.68. The van der Waals surface area contributed by atoms with E-state index in [1.807, 2.05) is 0 Å². The molecule has 1 aromatic rings. The molecule has 2 unspecified atom stereocenters. The van der Waals surface area contributed by atoms with Gasteiger partial charge in [-0.05, 0) is 38.7 Å². The summed E-state index contributed by atoms with van der Waals surface area (Å²) < 4.78 is 14.0. The first kappa shape index (κ1) is 17.9. The van der Waals surface area contributed by atoms with E-state index in [9.17, 15) is 14.0 Å². The van der Waals surface area contributed by atoms with Gasteiger partial charge in [-0.1, -0.05) is 23.4 Å². The normalized spacial score (nSPS) is 27.7. The van der Waals surface area contributed by atoms with Crippen molar-refractivity contribution in [2.45, 2.75) is 50.7 Å². The maximum absolute atomic E-state index is 14.0. The van der Waals surface area contributed by atoms with E-state index in [1.54, 1.807) is 30.0 Å². The van der Waals surface area contributed by atoms with E-state index in [-0.39, 0.29) is 30.0 Å². The van der Waals surface area contributed by atoms with E-state index in [4.69, 9.17) is 4.84 Å². The molecular weight excluding hydrogens is 349 g/mol. The molecule has 0 bridgehead atoms. The average Bonchev–Trinajstić information content (AvgIpc) is 3.40. The Labute approximate surface area is 157 Å². The summed E-state index contributed by atoms with van der Waals surface area (Å²) in [5.74, 6) is -0.719. The molecule has 27 heavy (non-hydrogen) atoms. The zero-order valence-electron chi connectivity index (χ0n) is 15.4. The van der Waals surface area contributed by atoms with E-state index in [2.05, 4.69) is 10.5 Å². The van der Waals surface area contributed by atoms with Gasteiger partial charge >= 0.3 is 0 Å². The SMILES string of the molecule is CC1(C(=O)N2CCCC(C(=O)NC3CC3)C2)CC(c2ccccc2F)=NO1. The monoisotopic (exact) mass is 373 g/mol. The highest BCUT2D eigenvalue weighted by molar-refractivity contribution is 6.05. The zero-order chi connectivity index (χ0) is 19.0. The first-order valence-corrected chi connectivity index (χ1v) is 9.56. The summed E-state index contributed by atoms with van der Waals surface area (Å²) in [6, 6.07) is 6.65. The molecule has 2 heterocycles. The van der Waals surface area contributed by atoms with E-state index in [0.717, 1.165) is 25.7 Å². The van der Waals surface area contributed by atoms with Crippen molar-refractivity contribution >= 4 is 17.5 Å². The minimum absolute atomic E-state index is 0.0378. The summed E-state index contributed by atoms with van der Waals surface area (Å²) in [5, 5.41) is 7.01. The lowest BCUT2D eigenvalue weighted by Gasteiger charge is -2.35. The molecule has 1 saturated carbocycles. The highest BCUT2D eigenvalue weighted by atomic mass is 19.1. The second kappa shape index (κ2) is 6.94. The number of rotatable bonds is 4. The van der Waals surface area contributed by atoms with Crippen LogP contribution in [0.15, 0.2) is 29.4 Å². The van der Waals surface area contributed by atoms with E-state index < -0.39 is 5.60 Å². The standard InChI is InChI=1S/C20H24FN3O3/c1-20(11-17(23-27-20)15-6-2-3-7-16(15)21)19(26)24-10-4-5-13(12-24)18(25)22-14-8-9-14/h2-3,6-7,13-14H,4-5,8-12H2,1H3,(H,22,25). The number of nitrogens with zero attached hydrogens (tertiary/aromatic N) is 2. The summed E-state index contributed by atoms with van der Waals surface area (Å²) in [5.41, 5.74) is -0.370. The van der Waals surface area contributed by atoms with E-state index in [1.165, 1.54) is 6.07 Å². The van der Waals surface area contributed by atoms with Crippen molar-refractivity contribution in [2.75, 3.05) is 13.1 Å². The summed E-state index contributed by atoms with van der Waals surface area (Å²) in [6.07, 6.45) is 3.87. The molecule has 1 N–H and O–H groups in total. The van der Waals surface area contributed by atoms with Gasteiger partial charge < -0.3 is 15.1 Å². The molecular formula is C20H24FN3O3. The number of carbonyl (C=O) groups is 2. The van der Waals surface area contributed by atoms with E-state index >= 15 is 0 Å². The number of piperidine rings is 1.